The first-order chi connectivity index (χ1) is 36.1. The minimum atomic E-state index is -0.558. The Labute approximate surface area is 448 Å². The topological polar surface area (TPSA) is 0 Å². The van der Waals surface area contributed by atoms with Crippen LogP contribution in [0.5, 0.6) is 0 Å². The molecule has 366 valence electrons. The number of hydrogen-bond acceptors (Lipinski definition) is 0. The van der Waals surface area contributed by atoms with Crippen LogP contribution in [0.2, 0.25) is 0 Å². The zero-order chi connectivity index (χ0) is 52.4. The van der Waals surface area contributed by atoms with E-state index < -0.39 is 5.41 Å². The second-order valence-corrected chi connectivity index (χ2v) is 22.4. The molecular formula is C73H68B2. The van der Waals surface area contributed by atoms with Gasteiger partial charge in [0.1, 0.15) is 0 Å². The molecule has 0 bridgehead atoms. The van der Waals surface area contributed by atoms with E-state index in [0.29, 0.717) is 0 Å². The maximum absolute atomic E-state index is 2.50. The van der Waals surface area contributed by atoms with Crippen LogP contribution in [0.4, 0.5) is 0 Å². The Morgan fingerprint density at radius 3 is 0.773 bits per heavy atom. The molecule has 1 aliphatic carbocycles. The highest BCUT2D eigenvalue weighted by Crippen LogP contribution is 2.57. The number of hydrogen-bond donors (Lipinski definition) is 0. The van der Waals surface area contributed by atoms with Gasteiger partial charge in [0.05, 0.1) is 5.41 Å². The maximum Gasteiger partial charge on any atom is 0.242 e. The normalized spacial score (nSPS) is 12.4. The van der Waals surface area contributed by atoms with Crippen LogP contribution in [0, 0.1) is 83.1 Å². The van der Waals surface area contributed by atoms with Crippen molar-refractivity contribution in [1.82, 2.24) is 0 Å². The Hall–Kier alpha value is -7.67. The Balaban J connectivity index is 1.04. The van der Waals surface area contributed by atoms with E-state index in [0.717, 1.165) is 0 Å². The molecule has 0 aromatic heterocycles. The molecule has 10 aromatic carbocycles. The van der Waals surface area contributed by atoms with Gasteiger partial charge in [-0.25, -0.2) is 0 Å². The Morgan fingerprint density at radius 1 is 0.253 bits per heavy atom. The highest BCUT2D eigenvalue weighted by Gasteiger charge is 2.46. The van der Waals surface area contributed by atoms with Crippen molar-refractivity contribution in [1.29, 1.82) is 0 Å². The summed E-state index contributed by atoms with van der Waals surface area (Å²) >= 11 is 0. The van der Waals surface area contributed by atoms with Gasteiger partial charge in [0.15, 0.2) is 0 Å². The second kappa shape index (κ2) is 19.6. The average Bonchev–Trinajstić information content (AvgIpc) is 3.71. The van der Waals surface area contributed by atoms with E-state index >= 15 is 0 Å². The molecule has 0 saturated carbocycles. The molecule has 0 nitrogen and oxygen atoms in total. The van der Waals surface area contributed by atoms with E-state index in [4.69, 9.17) is 0 Å². The van der Waals surface area contributed by atoms with Gasteiger partial charge in [-0.15, -0.1) is 0 Å². The van der Waals surface area contributed by atoms with Gasteiger partial charge in [-0.3, -0.25) is 0 Å². The van der Waals surface area contributed by atoms with Crippen LogP contribution < -0.4 is 32.8 Å². The molecule has 10 aromatic rings. The number of fused-ring (bicyclic) bond motifs is 3. The largest absolute Gasteiger partial charge is 0.242 e. The fourth-order valence-electron chi connectivity index (χ4n) is 14.1. The molecule has 0 saturated heterocycles. The fourth-order valence-corrected chi connectivity index (χ4v) is 14.1. The number of aryl methyl sites for hydroxylation is 12. The highest BCUT2D eigenvalue weighted by molar-refractivity contribution is 6.97. The summed E-state index contributed by atoms with van der Waals surface area (Å²) in [5.41, 5.74) is 36.3. The van der Waals surface area contributed by atoms with Crippen LogP contribution in [0.1, 0.15) is 89.0 Å². The summed E-state index contributed by atoms with van der Waals surface area (Å²) in [6.45, 7) is 27.4. The summed E-state index contributed by atoms with van der Waals surface area (Å²) in [6.07, 6.45) is 0. The van der Waals surface area contributed by atoms with Crippen LogP contribution in [0.25, 0.3) is 33.4 Å². The minimum absolute atomic E-state index is 0.119. The fraction of sp³-hybridized carbons (Fsp3) is 0.178. The van der Waals surface area contributed by atoms with Crippen LogP contribution in [-0.4, -0.2) is 13.4 Å². The van der Waals surface area contributed by atoms with E-state index in [9.17, 15) is 0 Å². The van der Waals surface area contributed by atoms with Crippen molar-refractivity contribution in [3.63, 3.8) is 0 Å². The van der Waals surface area contributed by atoms with Crippen molar-refractivity contribution in [3.8, 4) is 33.4 Å². The molecule has 2 heteroatoms. The van der Waals surface area contributed by atoms with Gasteiger partial charge < -0.3 is 0 Å². The summed E-state index contributed by atoms with van der Waals surface area (Å²) in [5, 5.41) is 0. The van der Waals surface area contributed by atoms with E-state index in [1.807, 2.05) is 0 Å². The van der Waals surface area contributed by atoms with Gasteiger partial charge in [0.2, 0.25) is 13.4 Å². The van der Waals surface area contributed by atoms with Gasteiger partial charge in [0, 0.05) is 0 Å². The van der Waals surface area contributed by atoms with E-state index in [2.05, 4.69) is 277 Å². The van der Waals surface area contributed by atoms with Crippen molar-refractivity contribution in [2.45, 2.75) is 88.5 Å². The van der Waals surface area contributed by atoms with Crippen LogP contribution in [0.15, 0.2) is 194 Å². The Kier molecular flexibility index (Phi) is 12.9. The summed E-state index contributed by atoms with van der Waals surface area (Å²) < 4.78 is 0. The number of rotatable bonds is 10. The monoisotopic (exact) mass is 967 g/mol. The molecule has 0 radical (unpaired) electrons. The van der Waals surface area contributed by atoms with Gasteiger partial charge in [-0.2, -0.15) is 0 Å². The molecule has 75 heavy (non-hydrogen) atoms. The predicted molar refractivity (Wildman–Crippen MR) is 327 cm³/mol. The third-order valence-corrected chi connectivity index (χ3v) is 16.8. The van der Waals surface area contributed by atoms with E-state index in [-0.39, 0.29) is 13.4 Å². The molecule has 0 aliphatic heterocycles. The third-order valence-electron chi connectivity index (χ3n) is 16.8. The van der Waals surface area contributed by atoms with Crippen molar-refractivity contribution >= 4 is 46.2 Å². The zero-order valence-electron chi connectivity index (χ0n) is 46.1. The first-order valence-electron chi connectivity index (χ1n) is 27.0. The summed E-state index contributed by atoms with van der Waals surface area (Å²) in [5.74, 6) is 0. The Bertz CT molecular complexity index is 3360. The molecule has 0 amide bonds. The highest BCUT2D eigenvalue weighted by atomic mass is 14.5. The SMILES string of the molecule is Cc1cc(C)c(B(c2ccc(-c3ccc4c(c3)C(c3ccccc3)(c3ccccc3)c3cc(-c5ccc(B(c6c(C)cc(C)cc6C)c6c(C)cc(C)cc6C)cc5)ccc3-4)cc2)c2c(C)cc(C)cc2C)c(C)c1. The zero-order valence-corrected chi connectivity index (χ0v) is 46.1. The lowest BCUT2D eigenvalue weighted by molar-refractivity contribution is 0.769. The summed E-state index contributed by atoms with van der Waals surface area (Å²) in [4.78, 5) is 0. The lowest BCUT2D eigenvalue weighted by Crippen LogP contribution is -2.55. The predicted octanol–water partition coefficient (Wildman–Crippen LogP) is 14.1. The second-order valence-electron chi connectivity index (χ2n) is 22.4. The van der Waals surface area contributed by atoms with Crippen LogP contribution >= 0.6 is 0 Å². The molecule has 11 rings (SSSR count). The third kappa shape index (κ3) is 8.63. The summed E-state index contributed by atoms with van der Waals surface area (Å²) in [7, 11) is 0. The molecule has 1 aliphatic rings. The van der Waals surface area contributed by atoms with Gasteiger partial charge in [-0.1, -0.05) is 282 Å². The van der Waals surface area contributed by atoms with Crippen LogP contribution in [0.3, 0.4) is 0 Å². The van der Waals surface area contributed by atoms with Gasteiger partial charge >= 0.3 is 0 Å². The lowest BCUT2D eigenvalue weighted by atomic mass is 9.34. The minimum Gasteiger partial charge on any atom is -0.0686 e. The first-order valence-corrected chi connectivity index (χ1v) is 27.0. The Morgan fingerprint density at radius 2 is 0.507 bits per heavy atom. The van der Waals surface area contributed by atoms with E-state index in [1.54, 1.807) is 0 Å². The lowest BCUT2D eigenvalue weighted by Gasteiger charge is -2.34. The molecule has 0 atom stereocenters. The maximum atomic E-state index is 2.50. The molecule has 0 heterocycles. The van der Waals surface area contributed by atoms with Gasteiger partial charge in [-0.05, 0) is 151 Å². The number of benzene rings is 10. The van der Waals surface area contributed by atoms with Crippen molar-refractivity contribution in [3.05, 3.63) is 283 Å². The smallest absolute Gasteiger partial charge is 0.0686 e. The standard InChI is InChI=1S/C73H68B2/c1-45-35-49(5)69(50(6)36-45)74(70-51(7)37-46(2)38-52(70)8)63-29-23-57(24-30-63)59-27-33-65-66-34-28-60(44-68(66)73(67(65)43-59,61-19-15-13-16-20-61)62-21-17-14-18-22-62)58-25-31-64(32-26-58)75(71-53(9)39-47(3)40-54(71)10)72-55(11)41-48(4)42-56(72)12/h13-44H,1-12H3. The van der Waals surface area contributed by atoms with E-state index in [1.165, 1.54) is 155 Å². The molecule has 0 unspecified atom stereocenters. The van der Waals surface area contributed by atoms with Gasteiger partial charge in [0.25, 0.3) is 0 Å². The quantitative estimate of drug-likeness (QED) is 0.120. The van der Waals surface area contributed by atoms with Crippen molar-refractivity contribution in [2.24, 2.45) is 0 Å². The summed E-state index contributed by atoms with van der Waals surface area (Å²) in [6, 6.07) is 74.9. The molecule has 0 fully saturated rings. The van der Waals surface area contributed by atoms with Crippen LogP contribution in [-0.2, 0) is 5.41 Å². The molecule has 0 spiro atoms. The molecule has 0 N–H and O–H groups in total. The van der Waals surface area contributed by atoms with Crippen molar-refractivity contribution in [2.75, 3.05) is 0 Å². The van der Waals surface area contributed by atoms with Crippen molar-refractivity contribution < 1.29 is 0 Å². The average molecular weight is 967 g/mol. The molecular weight excluding hydrogens is 898 g/mol. The first kappa shape index (κ1) is 49.5.